The number of carbonyl (C=O) groups is 1. The molecule has 1 N–H and O–H groups in total. The summed E-state index contributed by atoms with van der Waals surface area (Å²) in [6.07, 6.45) is 4.31. The Balaban J connectivity index is 2.24. The molecule has 90 valence electrons. The van der Waals surface area contributed by atoms with E-state index in [0.717, 1.165) is 16.9 Å². The first-order valence-electron chi connectivity index (χ1n) is 5.55. The van der Waals surface area contributed by atoms with E-state index in [0.29, 0.717) is 6.42 Å². The molecule has 0 radical (unpaired) electrons. The highest BCUT2D eigenvalue weighted by Gasteiger charge is 2.13. The molecule has 1 atom stereocenters. The van der Waals surface area contributed by atoms with Gasteiger partial charge in [-0.05, 0) is 12.0 Å². The molecule has 1 unspecified atom stereocenters. The third-order valence-electron chi connectivity index (χ3n) is 2.83. The van der Waals surface area contributed by atoms with Crippen molar-refractivity contribution in [1.82, 2.24) is 14.5 Å². The minimum absolute atomic E-state index is 0.0796. The highest BCUT2D eigenvalue weighted by molar-refractivity contribution is 5.74. The van der Waals surface area contributed by atoms with Crippen LogP contribution < -0.4 is 0 Å². The van der Waals surface area contributed by atoms with Crippen LogP contribution in [0.5, 0.6) is 0 Å². The Labute approximate surface area is 99.1 Å². The molecule has 0 amide bonds. The number of rotatable bonds is 4. The molecule has 5 heteroatoms. The zero-order valence-electron chi connectivity index (χ0n) is 9.92. The van der Waals surface area contributed by atoms with Gasteiger partial charge in [0.05, 0.1) is 17.2 Å². The van der Waals surface area contributed by atoms with Crippen molar-refractivity contribution in [3.05, 3.63) is 24.3 Å². The van der Waals surface area contributed by atoms with E-state index in [9.17, 15) is 4.79 Å². The van der Waals surface area contributed by atoms with E-state index in [-0.39, 0.29) is 12.3 Å². The van der Waals surface area contributed by atoms with Crippen LogP contribution in [0.1, 0.15) is 19.2 Å². The number of carboxylic acids is 1. The number of imidazole rings is 1. The molecule has 0 fully saturated rings. The van der Waals surface area contributed by atoms with Gasteiger partial charge in [0.1, 0.15) is 5.82 Å². The quantitative estimate of drug-likeness (QED) is 0.871. The van der Waals surface area contributed by atoms with Crippen LogP contribution >= 0.6 is 0 Å². The molecule has 0 bridgehead atoms. The van der Waals surface area contributed by atoms with E-state index >= 15 is 0 Å². The molecule has 5 nitrogen and oxygen atoms in total. The molecule has 0 aliphatic carbocycles. The highest BCUT2D eigenvalue weighted by Crippen LogP contribution is 2.17. The molecule has 0 spiro atoms. The molecule has 0 saturated heterocycles. The van der Waals surface area contributed by atoms with Crippen molar-refractivity contribution >= 4 is 17.0 Å². The fourth-order valence-electron chi connectivity index (χ4n) is 1.95. The summed E-state index contributed by atoms with van der Waals surface area (Å²) in [4.78, 5) is 19.2. The topological polar surface area (TPSA) is 68.0 Å². The van der Waals surface area contributed by atoms with Gasteiger partial charge in [-0.3, -0.25) is 9.78 Å². The molecular weight excluding hydrogens is 218 g/mol. The fourth-order valence-corrected chi connectivity index (χ4v) is 1.95. The number of nitrogens with zero attached hydrogens (tertiary/aromatic N) is 3. The van der Waals surface area contributed by atoms with Gasteiger partial charge in [-0.25, -0.2) is 4.98 Å². The zero-order chi connectivity index (χ0) is 12.4. The monoisotopic (exact) mass is 233 g/mol. The molecule has 0 saturated carbocycles. The number of carboxylic acid groups (broad SMARTS) is 1. The van der Waals surface area contributed by atoms with Crippen LogP contribution in [0, 0.1) is 5.92 Å². The molecule has 0 aliphatic rings. The normalized spacial score (nSPS) is 12.8. The molecule has 0 aromatic carbocycles. The minimum atomic E-state index is -0.766. The minimum Gasteiger partial charge on any atom is -0.481 e. The Hall–Kier alpha value is -1.91. The predicted octanol–water partition coefficient (Wildman–Crippen LogP) is 1.62. The van der Waals surface area contributed by atoms with Crippen LogP contribution in [-0.2, 0) is 18.3 Å². The van der Waals surface area contributed by atoms with E-state index < -0.39 is 5.97 Å². The van der Waals surface area contributed by atoms with E-state index in [4.69, 9.17) is 5.11 Å². The maximum atomic E-state index is 10.6. The second-order valence-corrected chi connectivity index (χ2v) is 4.36. The van der Waals surface area contributed by atoms with Gasteiger partial charge < -0.3 is 9.67 Å². The van der Waals surface area contributed by atoms with E-state index in [2.05, 4.69) is 9.97 Å². The van der Waals surface area contributed by atoms with Crippen LogP contribution in [0.15, 0.2) is 18.5 Å². The maximum absolute atomic E-state index is 10.6. The molecule has 2 heterocycles. The van der Waals surface area contributed by atoms with Crippen LogP contribution in [0.4, 0.5) is 0 Å². The molecular formula is C12H15N3O2. The van der Waals surface area contributed by atoms with Crippen molar-refractivity contribution in [2.24, 2.45) is 13.0 Å². The number of fused-ring (bicyclic) bond motifs is 1. The summed E-state index contributed by atoms with van der Waals surface area (Å²) in [6.45, 7) is 1.92. The average Bonchev–Trinajstić information content (AvgIpc) is 2.55. The third kappa shape index (κ3) is 2.43. The fraction of sp³-hybridized carbons (Fsp3) is 0.417. The lowest BCUT2D eigenvalue weighted by Gasteiger charge is -2.08. The predicted molar refractivity (Wildman–Crippen MR) is 63.6 cm³/mol. The van der Waals surface area contributed by atoms with Gasteiger partial charge in [-0.15, -0.1) is 0 Å². The van der Waals surface area contributed by atoms with E-state index in [1.807, 2.05) is 24.6 Å². The average molecular weight is 233 g/mol. The van der Waals surface area contributed by atoms with Gasteiger partial charge in [-0.1, -0.05) is 6.92 Å². The largest absolute Gasteiger partial charge is 0.481 e. The standard InChI is InChI=1S/C12H15N3O2/c1-8(6-12(16)17)5-11-14-9-3-4-13-7-10(9)15(11)2/h3-4,7-8H,5-6H2,1-2H3,(H,16,17). The number of aryl methyl sites for hydroxylation is 1. The van der Waals surface area contributed by atoms with Crippen LogP contribution in [-0.4, -0.2) is 25.6 Å². The van der Waals surface area contributed by atoms with Crippen molar-refractivity contribution < 1.29 is 9.90 Å². The first-order valence-corrected chi connectivity index (χ1v) is 5.55. The Bertz CT molecular complexity index is 548. The van der Waals surface area contributed by atoms with Gasteiger partial charge in [0.15, 0.2) is 0 Å². The van der Waals surface area contributed by atoms with E-state index in [1.165, 1.54) is 0 Å². The van der Waals surface area contributed by atoms with Crippen molar-refractivity contribution in [2.45, 2.75) is 19.8 Å². The highest BCUT2D eigenvalue weighted by atomic mass is 16.4. The van der Waals surface area contributed by atoms with Crippen LogP contribution in [0.3, 0.4) is 0 Å². The molecule has 2 rings (SSSR count). The lowest BCUT2D eigenvalue weighted by molar-refractivity contribution is -0.137. The number of hydrogen-bond acceptors (Lipinski definition) is 3. The SMILES string of the molecule is CC(CC(=O)O)Cc1nc2ccncc2n1C. The van der Waals surface area contributed by atoms with Gasteiger partial charge >= 0.3 is 5.97 Å². The number of pyridine rings is 1. The first kappa shape index (κ1) is 11.6. The van der Waals surface area contributed by atoms with Gasteiger partial charge in [0.25, 0.3) is 0 Å². The summed E-state index contributed by atoms with van der Waals surface area (Å²) in [6, 6.07) is 1.86. The molecule has 2 aromatic rings. The second kappa shape index (κ2) is 4.53. The second-order valence-electron chi connectivity index (χ2n) is 4.36. The van der Waals surface area contributed by atoms with E-state index in [1.54, 1.807) is 12.4 Å². The van der Waals surface area contributed by atoms with Crippen LogP contribution in [0.2, 0.25) is 0 Å². The summed E-state index contributed by atoms with van der Waals surface area (Å²) in [5, 5.41) is 8.73. The third-order valence-corrected chi connectivity index (χ3v) is 2.83. The van der Waals surface area contributed by atoms with Crippen molar-refractivity contribution in [3.8, 4) is 0 Å². The summed E-state index contributed by atoms with van der Waals surface area (Å²) in [7, 11) is 1.93. The molecule has 17 heavy (non-hydrogen) atoms. The lowest BCUT2D eigenvalue weighted by atomic mass is 10.0. The Morgan fingerprint density at radius 3 is 3.00 bits per heavy atom. The van der Waals surface area contributed by atoms with Gasteiger partial charge in [0, 0.05) is 26.1 Å². The summed E-state index contributed by atoms with van der Waals surface area (Å²) < 4.78 is 1.97. The molecule has 0 aliphatic heterocycles. The molecule has 2 aromatic heterocycles. The zero-order valence-corrected chi connectivity index (χ0v) is 9.92. The first-order chi connectivity index (χ1) is 8.08. The van der Waals surface area contributed by atoms with Gasteiger partial charge in [-0.2, -0.15) is 0 Å². The smallest absolute Gasteiger partial charge is 0.303 e. The Morgan fingerprint density at radius 1 is 1.59 bits per heavy atom. The van der Waals surface area contributed by atoms with Gasteiger partial charge in [0.2, 0.25) is 0 Å². The summed E-state index contributed by atoms with van der Waals surface area (Å²) >= 11 is 0. The Kier molecular flexibility index (Phi) is 3.08. The summed E-state index contributed by atoms with van der Waals surface area (Å²) in [5.74, 6) is 0.218. The maximum Gasteiger partial charge on any atom is 0.303 e. The summed E-state index contributed by atoms with van der Waals surface area (Å²) in [5.41, 5.74) is 1.88. The lowest BCUT2D eigenvalue weighted by Crippen LogP contribution is -2.10. The van der Waals surface area contributed by atoms with Crippen molar-refractivity contribution in [1.29, 1.82) is 0 Å². The number of aromatic nitrogens is 3. The van der Waals surface area contributed by atoms with Crippen molar-refractivity contribution in [3.63, 3.8) is 0 Å². The Morgan fingerprint density at radius 2 is 2.35 bits per heavy atom. The number of hydrogen-bond donors (Lipinski definition) is 1. The number of aliphatic carboxylic acids is 1. The van der Waals surface area contributed by atoms with Crippen molar-refractivity contribution in [2.75, 3.05) is 0 Å². The van der Waals surface area contributed by atoms with Crippen LogP contribution in [0.25, 0.3) is 11.0 Å².